The fourth-order valence-electron chi connectivity index (χ4n) is 6.93. The molecular formula is C37H41N2O7S+. The van der Waals surface area contributed by atoms with Crippen LogP contribution in [0.2, 0.25) is 0 Å². The number of carbonyl (C=O) groups excluding carboxylic acids is 1. The average Bonchev–Trinajstić information content (AvgIpc) is 3.36. The SMILES string of the molecule is CC1(C)C(/C=C/C=C/C=C2/N(CCCC(=O)O)c3ccc(S(=O)(=O)O)cc3C2(C)C)=[N+](CCCOC=O)c2ccc3ccccc3c21. The van der Waals surface area contributed by atoms with Gasteiger partial charge in [0.25, 0.3) is 16.6 Å². The molecule has 3 aromatic carbocycles. The topological polar surface area (TPSA) is 124 Å². The van der Waals surface area contributed by atoms with Crippen LogP contribution in [-0.2, 0) is 35.3 Å². The van der Waals surface area contributed by atoms with Crippen LogP contribution in [0.15, 0.2) is 95.6 Å². The normalized spacial score (nSPS) is 17.6. The fraction of sp³-hybridized carbons (Fsp3) is 0.324. The number of ether oxygens (including phenoxy) is 1. The Morgan fingerprint density at radius 3 is 2.47 bits per heavy atom. The van der Waals surface area contributed by atoms with E-state index in [0.29, 0.717) is 39.0 Å². The lowest BCUT2D eigenvalue weighted by Gasteiger charge is -2.26. The van der Waals surface area contributed by atoms with Gasteiger partial charge in [0, 0.05) is 53.9 Å². The summed E-state index contributed by atoms with van der Waals surface area (Å²) >= 11 is 0. The summed E-state index contributed by atoms with van der Waals surface area (Å²) in [4.78, 5) is 23.8. The largest absolute Gasteiger partial charge is 0.481 e. The van der Waals surface area contributed by atoms with Crippen molar-refractivity contribution in [3.63, 3.8) is 0 Å². The van der Waals surface area contributed by atoms with Crippen LogP contribution >= 0.6 is 0 Å². The molecule has 5 rings (SSSR count). The van der Waals surface area contributed by atoms with Gasteiger partial charge in [0.15, 0.2) is 12.3 Å². The molecule has 0 atom stereocenters. The highest BCUT2D eigenvalue weighted by Crippen LogP contribution is 2.49. The maximum atomic E-state index is 11.9. The molecule has 246 valence electrons. The predicted octanol–water partition coefficient (Wildman–Crippen LogP) is 6.68. The van der Waals surface area contributed by atoms with Gasteiger partial charge in [-0.1, -0.05) is 56.3 Å². The number of carboxylic acids is 1. The molecule has 0 spiro atoms. The van der Waals surface area contributed by atoms with Crippen LogP contribution in [0.25, 0.3) is 10.8 Å². The quantitative estimate of drug-likeness (QED) is 0.0686. The van der Waals surface area contributed by atoms with Crippen LogP contribution in [0.5, 0.6) is 0 Å². The van der Waals surface area contributed by atoms with E-state index in [0.717, 1.165) is 28.3 Å². The first-order chi connectivity index (χ1) is 22.3. The second kappa shape index (κ2) is 13.3. The highest BCUT2D eigenvalue weighted by atomic mass is 32.2. The van der Waals surface area contributed by atoms with Crippen LogP contribution in [0.4, 0.5) is 11.4 Å². The molecule has 0 aromatic heterocycles. The minimum absolute atomic E-state index is 0.00502. The Morgan fingerprint density at radius 2 is 1.74 bits per heavy atom. The van der Waals surface area contributed by atoms with Gasteiger partial charge in [-0.25, -0.2) is 0 Å². The minimum atomic E-state index is -4.39. The number of allylic oxidation sites excluding steroid dienone is 6. The van der Waals surface area contributed by atoms with Crippen molar-refractivity contribution in [3.8, 4) is 0 Å². The van der Waals surface area contributed by atoms with Crippen molar-refractivity contribution < 1.29 is 37.0 Å². The summed E-state index contributed by atoms with van der Waals surface area (Å²) in [6.07, 6.45) is 11.0. The van der Waals surface area contributed by atoms with E-state index in [1.54, 1.807) is 6.07 Å². The van der Waals surface area contributed by atoms with Crippen LogP contribution < -0.4 is 4.90 Å². The van der Waals surface area contributed by atoms with E-state index in [1.165, 1.54) is 28.5 Å². The first kappa shape index (κ1) is 33.8. The fourth-order valence-corrected chi connectivity index (χ4v) is 7.44. The number of nitrogens with zero attached hydrogens (tertiary/aromatic N) is 2. The molecule has 2 aliphatic rings. The highest BCUT2D eigenvalue weighted by Gasteiger charge is 2.45. The van der Waals surface area contributed by atoms with E-state index >= 15 is 0 Å². The third-order valence-corrected chi connectivity index (χ3v) is 9.98. The standard InChI is InChI=1S/C37H40N2O7S/c1-36(2)29-24-27(47(43,44)45)18-20-30(29)38(21-10-16-34(41)42)32(36)14-6-5-7-15-33-37(3,4)35-28-13-9-8-12-26(28)17-19-31(35)39(33)22-11-23-46-25-40/h5-9,12-15,17-20,24-25H,10-11,16,21-23H2,1-4H3,(H-,41,42,43,44,45)/p+1. The van der Waals surface area contributed by atoms with Gasteiger partial charge in [-0.05, 0) is 66.9 Å². The van der Waals surface area contributed by atoms with Gasteiger partial charge >= 0.3 is 5.97 Å². The molecule has 0 bridgehead atoms. The number of benzene rings is 3. The molecule has 0 fully saturated rings. The Balaban J connectivity index is 1.48. The van der Waals surface area contributed by atoms with Crippen molar-refractivity contribution in [1.29, 1.82) is 0 Å². The van der Waals surface area contributed by atoms with Gasteiger partial charge in [0.2, 0.25) is 5.69 Å². The summed E-state index contributed by atoms with van der Waals surface area (Å²) in [5.41, 5.74) is 5.00. The summed E-state index contributed by atoms with van der Waals surface area (Å²) in [7, 11) is -4.39. The van der Waals surface area contributed by atoms with Gasteiger partial charge in [0.05, 0.1) is 16.9 Å². The molecule has 0 unspecified atom stereocenters. The Hall–Kier alpha value is -4.54. The highest BCUT2D eigenvalue weighted by molar-refractivity contribution is 7.85. The van der Waals surface area contributed by atoms with Gasteiger partial charge in [-0.15, -0.1) is 0 Å². The molecule has 3 aromatic rings. The van der Waals surface area contributed by atoms with Gasteiger partial charge < -0.3 is 14.7 Å². The smallest absolute Gasteiger partial charge is 0.303 e. The van der Waals surface area contributed by atoms with E-state index in [9.17, 15) is 27.7 Å². The number of fused-ring (bicyclic) bond motifs is 4. The van der Waals surface area contributed by atoms with Gasteiger partial charge in [0.1, 0.15) is 0 Å². The second-order valence-electron chi connectivity index (χ2n) is 12.9. The Bertz CT molecular complexity index is 1950. The minimum Gasteiger partial charge on any atom is -0.481 e. The molecule has 10 heteroatoms. The van der Waals surface area contributed by atoms with E-state index in [4.69, 9.17) is 4.74 Å². The summed E-state index contributed by atoms with van der Waals surface area (Å²) in [5.74, 6) is -0.881. The first-order valence-corrected chi connectivity index (χ1v) is 17.1. The molecule has 9 nitrogen and oxygen atoms in total. The summed E-state index contributed by atoms with van der Waals surface area (Å²) in [5, 5.41) is 11.6. The number of carbonyl (C=O) groups is 2. The Kier molecular flexibility index (Phi) is 9.56. The van der Waals surface area contributed by atoms with Crippen molar-refractivity contribution in [2.45, 2.75) is 62.7 Å². The molecule has 47 heavy (non-hydrogen) atoms. The number of hydrogen-bond donors (Lipinski definition) is 2. The van der Waals surface area contributed by atoms with E-state index in [-0.39, 0.29) is 16.7 Å². The second-order valence-corrected chi connectivity index (χ2v) is 14.3. The summed E-state index contributed by atoms with van der Waals surface area (Å²) in [6, 6.07) is 17.2. The molecule has 2 heterocycles. The zero-order chi connectivity index (χ0) is 34.0. The molecule has 0 aliphatic carbocycles. The summed E-state index contributed by atoms with van der Waals surface area (Å²) in [6.45, 7) is 10.3. The predicted molar refractivity (Wildman–Crippen MR) is 183 cm³/mol. The Labute approximate surface area is 275 Å². The third kappa shape index (κ3) is 6.66. The summed E-state index contributed by atoms with van der Waals surface area (Å²) < 4.78 is 40.8. The molecule has 0 saturated carbocycles. The average molecular weight is 658 g/mol. The van der Waals surface area contributed by atoms with Crippen LogP contribution in [-0.4, -0.2) is 60.5 Å². The zero-order valence-corrected chi connectivity index (χ0v) is 28.0. The lowest BCUT2D eigenvalue weighted by atomic mass is 9.79. The monoisotopic (exact) mass is 657 g/mol. The molecule has 0 radical (unpaired) electrons. The molecule has 0 saturated heterocycles. The lowest BCUT2D eigenvalue weighted by molar-refractivity contribution is -0.438. The van der Waals surface area contributed by atoms with E-state index < -0.39 is 21.5 Å². The van der Waals surface area contributed by atoms with Crippen molar-refractivity contribution in [2.75, 3.05) is 24.6 Å². The molecule has 0 amide bonds. The number of rotatable bonds is 13. The van der Waals surface area contributed by atoms with Crippen LogP contribution in [0.1, 0.15) is 58.1 Å². The van der Waals surface area contributed by atoms with Crippen molar-refractivity contribution in [2.24, 2.45) is 0 Å². The number of hydrogen-bond acceptors (Lipinski definition) is 6. The molecule has 2 N–H and O–H groups in total. The van der Waals surface area contributed by atoms with Crippen molar-refractivity contribution >= 4 is 50.4 Å². The van der Waals surface area contributed by atoms with Crippen LogP contribution in [0.3, 0.4) is 0 Å². The molecule has 2 aliphatic heterocycles. The van der Waals surface area contributed by atoms with Gasteiger partial charge in [-0.3, -0.25) is 14.1 Å². The van der Waals surface area contributed by atoms with Gasteiger partial charge in [-0.2, -0.15) is 13.0 Å². The number of aliphatic carboxylic acids is 1. The third-order valence-electron chi connectivity index (χ3n) is 9.13. The van der Waals surface area contributed by atoms with Crippen LogP contribution in [0, 0.1) is 0 Å². The molecular weight excluding hydrogens is 616 g/mol. The maximum Gasteiger partial charge on any atom is 0.303 e. The number of carboxylic acid groups (broad SMARTS) is 1. The first-order valence-electron chi connectivity index (χ1n) is 15.7. The Morgan fingerprint density at radius 1 is 0.979 bits per heavy atom. The van der Waals surface area contributed by atoms with Crippen molar-refractivity contribution in [3.05, 3.63) is 102 Å². The number of anilines is 1. The lowest BCUT2D eigenvalue weighted by Crippen LogP contribution is -2.28. The van der Waals surface area contributed by atoms with E-state index in [2.05, 4.69) is 54.8 Å². The van der Waals surface area contributed by atoms with E-state index in [1.807, 2.05) is 49.1 Å². The maximum absolute atomic E-state index is 11.9. The zero-order valence-electron chi connectivity index (χ0n) is 27.1. The van der Waals surface area contributed by atoms with Crippen molar-refractivity contribution in [1.82, 2.24) is 0 Å².